The Morgan fingerprint density at radius 2 is 1.86 bits per heavy atom. The van der Waals surface area contributed by atoms with Crippen molar-refractivity contribution in [1.82, 2.24) is 5.32 Å². The summed E-state index contributed by atoms with van der Waals surface area (Å²) in [5, 5.41) is 3.95. The molecule has 0 aliphatic rings. The number of aryl methyl sites for hydroxylation is 1. The number of nitrogens with one attached hydrogen (secondary N) is 1. The Labute approximate surface area is 132 Å². The maximum absolute atomic E-state index is 14.0. The fourth-order valence-corrected chi connectivity index (χ4v) is 2.64. The highest BCUT2D eigenvalue weighted by Gasteiger charge is 2.18. The summed E-state index contributed by atoms with van der Waals surface area (Å²) in [6, 6.07) is 7.44. The normalized spacial score (nSPS) is 12.5. The third kappa shape index (κ3) is 3.54. The zero-order valence-corrected chi connectivity index (χ0v) is 13.2. The highest BCUT2D eigenvalue weighted by atomic mass is 35.5. The van der Waals surface area contributed by atoms with Gasteiger partial charge in [0.15, 0.2) is 0 Å². The molecule has 2 rings (SSSR count). The van der Waals surface area contributed by atoms with Gasteiger partial charge in [-0.3, -0.25) is 0 Å². The maximum Gasteiger partial charge on any atom is 0.130 e. The lowest BCUT2D eigenvalue weighted by Crippen LogP contribution is -2.20. The van der Waals surface area contributed by atoms with Crippen LogP contribution in [0, 0.1) is 18.6 Å². The third-order valence-corrected chi connectivity index (χ3v) is 4.32. The van der Waals surface area contributed by atoms with Crippen molar-refractivity contribution in [1.29, 1.82) is 0 Å². The zero-order valence-electron chi connectivity index (χ0n) is 11.7. The van der Waals surface area contributed by atoms with E-state index in [4.69, 9.17) is 23.2 Å². The first-order chi connectivity index (χ1) is 9.93. The maximum atomic E-state index is 14.0. The molecule has 0 saturated heterocycles. The average molecular weight is 330 g/mol. The number of hydrogen-bond donors (Lipinski definition) is 1. The van der Waals surface area contributed by atoms with Gasteiger partial charge in [-0.05, 0) is 43.7 Å². The van der Waals surface area contributed by atoms with E-state index in [9.17, 15) is 8.78 Å². The largest absolute Gasteiger partial charge is 0.313 e. The van der Waals surface area contributed by atoms with Gasteiger partial charge >= 0.3 is 0 Å². The van der Waals surface area contributed by atoms with Gasteiger partial charge in [-0.1, -0.05) is 35.3 Å². The highest BCUT2D eigenvalue weighted by molar-refractivity contribution is 6.42. The van der Waals surface area contributed by atoms with E-state index >= 15 is 0 Å². The van der Waals surface area contributed by atoms with E-state index in [1.54, 1.807) is 26.1 Å². The van der Waals surface area contributed by atoms with E-state index in [1.807, 2.05) is 6.07 Å². The molecular formula is C16H15Cl2F2N. The number of hydrogen-bond acceptors (Lipinski definition) is 1. The fourth-order valence-electron chi connectivity index (χ4n) is 2.24. The topological polar surface area (TPSA) is 12.0 Å². The van der Waals surface area contributed by atoms with E-state index in [2.05, 4.69) is 5.32 Å². The summed E-state index contributed by atoms with van der Waals surface area (Å²) in [5.41, 5.74) is 1.63. The number of benzene rings is 2. The summed E-state index contributed by atoms with van der Waals surface area (Å²) in [6.45, 7) is 1.61. The molecule has 0 aliphatic heterocycles. The number of rotatable bonds is 4. The van der Waals surface area contributed by atoms with Crippen LogP contribution < -0.4 is 5.32 Å². The predicted molar refractivity (Wildman–Crippen MR) is 83.1 cm³/mol. The predicted octanol–water partition coefficient (Wildman–Crippen LogP) is 5.08. The first-order valence-electron chi connectivity index (χ1n) is 6.49. The molecule has 5 heteroatoms. The van der Waals surface area contributed by atoms with Gasteiger partial charge in [-0.25, -0.2) is 8.78 Å². The summed E-state index contributed by atoms with van der Waals surface area (Å²) in [4.78, 5) is 0. The Morgan fingerprint density at radius 3 is 2.52 bits per heavy atom. The monoisotopic (exact) mass is 329 g/mol. The van der Waals surface area contributed by atoms with Crippen molar-refractivity contribution in [3.63, 3.8) is 0 Å². The van der Waals surface area contributed by atoms with E-state index in [0.29, 0.717) is 27.6 Å². The van der Waals surface area contributed by atoms with Crippen LogP contribution in [0.25, 0.3) is 0 Å². The van der Waals surface area contributed by atoms with Crippen molar-refractivity contribution in [2.45, 2.75) is 19.4 Å². The summed E-state index contributed by atoms with van der Waals surface area (Å²) < 4.78 is 27.4. The van der Waals surface area contributed by atoms with Crippen LogP contribution in [0.1, 0.15) is 22.7 Å². The van der Waals surface area contributed by atoms with Crippen LogP contribution in [0.3, 0.4) is 0 Å². The molecule has 0 amide bonds. The molecule has 0 heterocycles. The van der Waals surface area contributed by atoms with Crippen LogP contribution in [0.15, 0.2) is 30.3 Å². The van der Waals surface area contributed by atoms with Crippen molar-refractivity contribution in [3.8, 4) is 0 Å². The molecule has 0 radical (unpaired) electrons. The van der Waals surface area contributed by atoms with Crippen LogP contribution in [-0.4, -0.2) is 7.05 Å². The molecule has 1 N–H and O–H groups in total. The van der Waals surface area contributed by atoms with Gasteiger partial charge in [-0.2, -0.15) is 0 Å². The summed E-state index contributed by atoms with van der Waals surface area (Å²) in [7, 11) is 1.72. The molecule has 21 heavy (non-hydrogen) atoms. The van der Waals surface area contributed by atoms with Gasteiger partial charge in [0.25, 0.3) is 0 Å². The molecule has 0 fully saturated rings. The Kier molecular flexibility index (Phi) is 5.20. The van der Waals surface area contributed by atoms with E-state index in [-0.39, 0.29) is 6.04 Å². The van der Waals surface area contributed by atoms with Crippen LogP contribution in [0.4, 0.5) is 8.78 Å². The number of halogens is 4. The minimum atomic E-state index is -0.574. The number of likely N-dealkylation sites (N-methyl/N-ethyl adjacent to an activating group) is 1. The second-order valence-corrected chi connectivity index (χ2v) is 5.67. The summed E-state index contributed by atoms with van der Waals surface area (Å²) in [6.07, 6.45) is 0.456. The molecule has 1 nitrogen and oxygen atoms in total. The average Bonchev–Trinajstić information content (AvgIpc) is 2.45. The second-order valence-electron chi connectivity index (χ2n) is 4.88. The molecule has 2 aromatic rings. The SMILES string of the molecule is CNC(Cc1cccc(Cl)c1Cl)c1cc(C)c(F)cc1F. The van der Waals surface area contributed by atoms with Crippen LogP contribution in [-0.2, 0) is 6.42 Å². The first kappa shape index (κ1) is 16.2. The summed E-state index contributed by atoms with van der Waals surface area (Å²) in [5.74, 6) is -1.12. The van der Waals surface area contributed by atoms with Crippen molar-refractivity contribution >= 4 is 23.2 Å². The molecule has 0 aliphatic carbocycles. The molecule has 1 unspecified atom stereocenters. The lowest BCUT2D eigenvalue weighted by molar-refractivity contribution is 0.519. The third-order valence-electron chi connectivity index (χ3n) is 3.46. The van der Waals surface area contributed by atoms with E-state index in [1.165, 1.54) is 6.07 Å². The van der Waals surface area contributed by atoms with E-state index < -0.39 is 11.6 Å². The standard InChI is InChI=1S/C16H15Cl2F2N/c1-9-6-11(14(20)8-13(9)19)15(21-2)7-10-4-3-5-12(17)16(10)18/h3-6,8,15,21H,7H2,1-2H3. The van der Waals surface area contributed by atoms with Crippen molar-refractivity contribution < 1.29 is 8.78 Å². The molecule has 0 saturated carbocycles. The lowest BCUT2D eigenvalue weighted by Gasteiger charge is -2.19. The van der Waals surface area contributed by atoms with Crippen molar-refractivity contribution in [2.75, 3.05) is 7.05 Å². The van der Waals surface area contributed by atoms with Gasteiger partial charge < -0.3 is 5.32 Å². The van der Waals surface area contributed by atoms with Gasteiger partial charge in [-0.15, -0.1) is 0 Å². The quantitative estimate of drug-likeness (QED) is 0.824. The first-order valence-corrected chi connectivity index (χ1v) is 7.25. The zero-order chi connectivity index (χ0) is 15.6. The van der Waals surface area contributed by atoms with Gasteiger partial charge in [0.1, 0.15) is 11.6 Å². The van der Waals surface area contributed by atoms with Crippen LogP contribution in [0.5, 0.6) is 0 Å². The molecule has 0 spiro atoms. The van der Waals surface area contributed by atoms with Gasteiger partial charge in [0, 0.05) is 17.7 Å². The molecule has 0 bridgehead atoms. The lowest BCUT2D eigenvalue weighted by atomic mass is 9.97. The smallest absolute Gasteiger partial charge is 0.130 e. The highest BCUT2D eigenvalue weighted by Crippen LogP contribution is 2.30. The summed E-state index contributed by atoms with van der Waals surface area (Å²) >= 11 is 12.2. The Bertz CT molecular complexity index is 659. The minimum absolute atomic E-state index is 0.319. The Balaban J connectivity index is 2.37. The second kappa shape index (κ2) is 6.73. The van der Waals surface area contributed by atoms with Crippen LogP contribution >= 0.6 is 23.2 Å². The molecule has 2 aromatic carbocycles. The molecule has 112 valence electrons. The van der Waals surface area contributed by atoms with Gasteiger partial charge in [0.2, 0.25) is 0 Å². The Morgan fingerprint density at radius 1 is 1.14 bits per heavy atom. The molecule has 0 aromatic heterocycles. The minimum Gasteiger partial charge on any atom is -0.313 e. The van der Waals surface area contributed by atoms with Crippen molar-refractivity contribution in [2.24, 2.45) is 0 Å². The fraction of sp³-hybridized carbons (Fsp3) is 0.250. The molecular weight excluding hydrogens is 315 g/mol. The Hall–Kier alpha value is -1.16. The van der Waals surface area contributed by atoms with E-state index in [0.717, 1.165) is 11.6 Å². The van der Waals surface area contributed by atoms with Crippen LogP contribution in [0.2, 0.25) is 10.0 Å². The van der Waals surface area contributed by atoms with Crippen molar-refractivity contribution in [3.05, 3.63) is 68.7 Å². The molecule has 1 atom stereocenters. The van der Waals surface area contributed by atoms with Gasteiger partial charge in [0.05, 0.1) is 10.0 Å².